The van der Waals surface area contributed by atoms with E-state index in [1.54, 1.807) is 0 Å². The Bertz CT molecular complexity index is 879. The van der Waals surface area contributed by atoms with E-state index in [0.717, 1.165) is 21.6 Å². The fourth-order valence-electron chi connectivity index (χ4n) is 3.71. The second-order valence-electron chi connectivity index (χ2n) is 9.13. The molecule has 158 valence electrons. The lowest BCUT2D eigenvalue weighted by atomic mass is 9.90. The van der Waals surface area contributed by atoms with Crippen LogP contribution in [0, 0.1) is 27.7 Å². The van der Waals surface area contributed by atoms with Crippen molar-refractivity contribution in [3.63, 3.8) is 0 Å². The third-order valence-electron chi connectivity index (χ3n) is 6.00. The lowest BCUT2D eigenvalue weighted by molar-refractivity contribution is -0.105. The zero-order valence-corrected chi connectivity index (χ0v) is 19.6. The Morgan fingerprint density at radius 3 is 1.83 bits per heavy atom. The number of hydrogen-bond acceptors (Lipinski definition) is 3. The van der Waals surface area contributed by atoms with E-state index in [9.17, 15) is 4.21 Å². The maximum atomic E-state index is 13.4. The third-order valence-corrected chi connectivity index (χ3v) is 7.49. The zero-order chi connectivity index (χ0) is 21.6. The molecule has 0 amide bonds. The summed E-state index contributed by atoms with van der Waals surface area (Å²) in [5.41, 5.74) is 4.45. The van der Waals surface area contributed by atoms with Gasteiger partial charge in [0, 0.05) is 0 Å². The van der Waals surface area contributed by atoms with Crippen LogP contribution in [0.4, 0.5) is 0 Å². The largest absolute Gasteiger partial charge is 0.342 e. The van der Waals surface area contributed by atoms with Gasteiger partial charge in [-0.3, -0.25) is 0 Å². The quantitative estimate of drug-likeness (QED) is 0.730. The van der Waals surface area contributed by atoms with Gasteiger partial charge in [0.25, 0.3) is 0 Å². The molecule has 1 heterocycles. The van der Waals surface area contributed by atoms with Gasteiger partial charge >= 0.3 is 0 Å². The van der Waals surface area contributed by atoms with Crippen LogP contribution in [0.25, 0.3) is 0 Å². The van der Waals surface area contributed by atoms with Crippen LogP contribution < -0.4 is 4.72 Å². The molecule has 1 saturated heterocycles. The molecule has 0 aliphatic carbocycles. The predicted octanol–water partition coefficient (Wildman–Crippen LogP) is 5.20. The minimum absolute atomic E-state index is 0.363. The topological polar surface area (TPSA) is 47.6 Å². The van der Waals surface area contributed by atoms with Crippen LogP contribution in [0.2, 0.25) is 0 Å². The van der Waals surface area contributed by atoms with E-state index in [-0.39, 0.29) is 6.04 Å². The molecule has 2 aromatic carbocycles. The number of ether oxygens (including phenoxy) is 2. The number of nitrogens with one attached hydrogen (secondary N) is 1. The molecule has 1 aliphatic rings. The summed E-state index contributed by atoms with van der Waals surface area (Å²) in [5, 5.41) is 0. The highest BCUT2D eigenvalue weighted by Crippen LogP contribution is 2.42. The summed E-state index contributed by atoms with van der Waals surface area (Å²) in [6.07, 6.45) is -0.544. The first-order valence-corrected chi connectivity index (χ1v) is 11.2. The van der Waals surface area contributed by atoms with Crippen LogP contribution >= 0.6 is 0 Å². The lowest BCUT2D eigenvalue weighted by Crippen LogP contribution is -2.41. The van der Waals surface area contributed by atoms with Gasteiger partial charge in [0.15, 0.2) is 6.29 Å². The molecule has 1 aliphatic heterocycles. The molecule has 4 nitrogen and oxygen atoms in total. The van der Waals surface area contributed by atoms with Crippen LogP contribution in [-0.4, -0.2) is 21.7 Å². The summed E-state index contributed by atoms with van der Waals surface area (Å²) in [7, 11) is -1.41. The molecule has 0 spiro atoms. The van der Waals surface area contributed by atoms with Gasteiger partial charge in [-0.2, -0.15) is 0 Å². The minimum Gasteiger partial charge on any atom is -0.342 e. The molecule has 1 N–H and O–H groups in total. The van der Waals surface area contributed by atoms with Gasteiger partial charge in [0.05, 0.1) is 22.1 Å². The van der Waals surface area contributed by atoms with Gasteiger partial charge in [0.1, 0.15) is 11.0 Å². The zero-order valence-electron chi connectivity index (χ0n) is 18.8. The highest BCUT2D eigenvalue weighted by molar-refractivity contribution is 7.83. The van der Waals surface area contributed by atoms with E-state index in [0.29, 0.717) is 0 Å². The SMILES string of the molecule is Cc1ccc([C@@H](N[S@](=O)c2c(C)cc(C)cc2C)C2OC(C)(C)C(C)(C)O2)cc1. The van der Waals surface area contributed by atoms with Crippen molar-refractivity contribution in [3.8, 4) is 0 Å². The number of benzene rings is 2. The Morgan fingerprint density at radius 2 is 1.34 bits per heavy atom. The van der Waals surface area contributed by atoms with Gasteiger partial charge in [-0.25, -0.2) is 8.93 Å². The van der Waals surface area contributed by atoms with Gasteiger partial charge in [0.2, 0.25) is 0 Å². The number of rotatable bonds is 5. The predicted molar refractivity (Wildman–Crippen MR) is 118 cm³/mol. The van der Waals surface area contributed by atoms with Gasteiger partial charge in [-0.15, -0.1) is 0 Å². The fraction of sp³-hybridized carbons (Fsp3) is 0.500. The van der Waals surface area contributed by atoms with E-state index < -0.39 is 28.5 Å². The average molecular weight is 416 g/mol. The monoisotopic (exact) mass is 415 g/mol. The molecule has 0 saturated carbocycles. The van der Waals surface area contributed by atoms with Crippen molar-refractivity contribution in [2.75, 3.05) is 0 Å². The molecule has 3 rings (SSSR count). The molecule has 5 heteroatoms. The Kier molecular flexibility index (Phi) is 6.08. The Hall–Kier alpha value is -1.53. The van der Waals surface area contributed by atoms with Gasteiger partial charge in [-0.1, -0.05) is 47.5 Å². The highest BCUT2D eigenvalue weighted by Gasteiger charge is 2.51. The van der Waals surface area contributed by atoms with Crippen molar-refractivity contribution in [2.45, 2.75) is 83.8 Å². The van der Waals surface area contributed by atoms with Crippen molar-refractivity contribution in [1.29, 1.82) is 0 Å². The van der Waals surface area contributed by atoms with Crippen LogP contribution in [-0.2, 0) is 20.5 Å². The Labute approximate surface area is 177 Å². The molecule has 0 aromatic heterocycles. The van der Waals surface area contributed by atoms with E-state index in [2.05, 4.69) is 42.8 Å². The van der Waals surface area contributed by atoms with Crippen LogP contribution in [0.1, 0.15) is 61.6 Å². The van der Waals surface area contributed by atoms with Crippen LogP contribution in [0.15, 0.2) is 41.3 Å². The molecule has 2 atom stereocenters. The van der Waals surface area contributed by atoms with E-state index in [4.69, 9.17) is 9.47 Å². The molecular formula is C24H33NO3S. The molecule has 2 aromatic rings. The van der Waals surface area contributed by atoms with Crippen molar-refractivity contribution in [1.82, 2.24) is 4.72 Å². The highest BCUT2D eigenvalue weighted by atomic mass is 32.2. The summed E-state index contributed by atoms with van der Waals surface area (Å²) in [4.78, 5) is 0.823. The van der Waals surface area contributed by atoms with E-state index in [1.165, 1.54) is 11.1 Å². The van der Waals surface area contributed by atoms with Crippen molar-refractivity contribution in [3.05, 3.63) is 64.2 Å². The summed E-state index contributed by atoms with van der Waals surface area (Å²) in [6, 6.07) is 12.0. The second-order valence-corrected chi connectivity index (χ2v) is 10.3. The van der Waals surface area contributed by atoms with Crippen LogP contribution in [0.5, 0.6) is 0 Å². The fourth-order valence-corrected chi connectivity index (χ4v) is 5.01. The van der Waals surface area contributed by atoms with Gasteiger partial charge in [-0.05, 0) is 72.1 Å². The summed E-state index contributed by atoms with van der Waals surface area (Å²) >= 11 is 0. The molecule has 1 fully saturated rings. The minimum atomic E-state index is -1.41. The molecular weight excluding hydrogens is 382 g/mol. The second kappa shape index (κ2) is 7.95. The molecule has 0 unspecified atom stereocenters. The Balaban J connectivity index is 1.97. The van der Waals surface area contributed by atoms with Gasteiger partial charge < -0.3 is 9.47 Å². The lowest BCUT2D eigenvalue weighted by Gasteiger charge is -2.30. The maximum absolute atomic E-state index is 13.4. The maximum Gasteiger partial charge on any atom is 0.179 e. The average Bonchev–Trinajstić information content (AvgIpc) is 2.80. The normalized spacial score (nSPS) is 20.6. The molecule has 0 bridgehead atoms. The summed E-state index contributed by atoms with van der Waals surface area (Å²) in [6.45, 7) is 16.2. The Morgan fingerprint density at radius 1 is 0.862 bits per heavy atom. The standard InChI is InChI=1S/C24H33NO3S/c1-15-9-11-19(12-10-15)20(22-27-23(5,6)24(7,8)28-22)25-29(26)21-17(3)13-16(2)14-18(21)4/h9-14,20,22,25H,1-8H3/t20-,29-/m1/s1. The molecule has 29 heavy (non-hydrogen) atoms. The smallest absolute Gasteiger partial charge is 0.179 e. The van der Waals surface area contributed by atoms with Crippen molar-refractivity contribution >= 4 is 11.0 Å². The van der Waals surface area contributed by atoms with E-state index >= 15 is 0 Å². The first-order chi connectivity index (χ1) is 13.4. The van der Waals surface area contributed by atoms with E-state index in [1.807, 2.05) is 53.7 Å². The summed E-state index contributed by atoms with van der Waals surface area (Å²) in [5.74, 6) is 0. The molecule has 0 radical (unpaired) electrons. The third kappa shape index (κ3) is 4.48. The number of hydrogen-bond donors (Lipinski definition) is 1. The summed E-state index contributed by atoms with van der Waals surface area (Å²) < 4.78 is 29.3. The first-order valence-electron chi connectivity index (χ1n) is 10.1. The van der Waals surface area contributed by atoms with Crippen molar-refractivity contribution < 1.29 is 13.7 Å². The first kappa shape index (κ1) is 22.2. The van der Waals surface area contributed by atoms with Crippen LogP contribution in [0.3, 0.4) is 0 Å². The number of aryl methyl sites for hydroxylation is 4. The van der Waals surface area contributed by atoms with Crippen molar-refractivity contribution in [2.24, 2.45) is 0 Å².